The Morgan fingerprint density at radius 3 is 2.65 bits per heavy atom. The highest BCUT2D eigenvalue weighted by Crippen LogP contribution is 2.40. The maximum atomic E-state index is 15.4. The van der Waals surface area contributed by atoms with Crippen LogP contribution < -0.4 is 20.7 Å². The fourth-order valence-corrected chi connectivity index (χ4v) is 4.02. The number of nitrogens with zero attached hydrogens (tertiary/aromatic N) is 5. The normalized spacial score (nSPS) is 11.3. The molecule has 0 saturated carbocycles. The Kier molecular flexibility index (Phi) is 6.56. The first kappa shape index (κ1) is 23.3. The predicted molar refractivity (Wildman–Crippen MR) is 136 cm³/mol. The number of methoxy groups -OCH3 is 1. The zero-order valence-electron chi connectivity index (χ0n) is 20.1. The second kappa shape index (κ2) is 9.56. The molecular formula is C25H30FN7O. The molecule has 0 bridgehead atoms. The lowest BCUT2D eigenvalue weighted by Gasteiger charge is -2.25. The van der Waals surface area contributed by atoms with Crippen molar-refractivity contribution in [1.29, 1.82) is 0 Å². The maximum absolute atomic E-state index is 15.4. The van der Waals surface area contributed by atoms with Gasteiger partial charge < -0.3 is 30.2 Å². The lowest BCUT2D eigenvalue weighted by Crippen LogP contribution is -2.29. The van der Waals surface area contributed by atoms with E-state index in [1.54, 1.807) is 17.2 Å². The number of likely N-dealkylation sites (N-methyl/N-ethyl adjacent to an activating group) is 2. The summed E-state index contributed by atoms with van der Waals surface area (Å²) >= 11 is 0. The average molecular weight is 464 g/mol. The number of hydrogen-bond donors (Lipinski definition) is 2. The Bertz CT molecular complexity index is 1320. The van der Waals surface area contributed by atoms with Gasteiger partial charge in [-0.15, -0.1) is 0 Å². The molecule has 4 aromatic rings. The van der Waals surface area contributed by atoms with Crippen LogP contribution in [-0.2, 0) is 7.05 Å². The maximum Gasteiger partial charge on any atom is 0.227 e. The number of benzene rings is 2. The van der Waals surface area contributed by atoms with Crippen LogP contribution in [0.4, 0.5) is 27.4 Å². The van der Waals surface area contributed by atoms with Crippen LogP contribution in [0.5, 0.6) is 5.75 Å². The number of nitrogen functional groups attached to an aromatic ring is 1. The molecule has 9 heteroatoms. The van der Waals surface area contributed by atoms with Gasteiger partial charge in [0.25, 0.3) is 0 Å². The highest BCUT2D eigenvalue weighted by Gasteiger charge is 2.22. The van der Waals surface area contributed by atoms with Gasteiger partial charge in [0.05, 0.1) is 24.2 Å². The van der Waals surface area contributed by atoms with Gasteiger partial charge in [-0.05, 0) is 32.3 Å². The molecular weight excluding hydrogens is 433 g/mol. The highest BCUT2D eigenvalue weighted by atomic mass is 19.1. The highest BCUT2D eigenvalue weighted by molar-refractivity contribution is 5.95. The molecule has 178 valence electrons. The van der Waals surface area contributed by atoms with Crippen LogP contribution >= 0.6 is 0 Å². The topological polar surface area (TPSA) is 84.5 Å². The van der Waals surface area contributed by atoms with E-state index in [-0.39, 0.29) is 5.75 Å². The number of aromatic nitrogens is 3. The minimum absolute atomic E-state index is 0.0556. The van der Waals surface area contributed by atoms with Crippen LogP contribution in [0.15, 0.2) is 48.8 Å². The largest absolute Gasteiger partial charge is 0.492 e. The third-order valence-corrected chi connectivity index (χ3v) is 5.77. The van der Waals surface area contributed by atoms with Gasteiger partial charge in [-0.1, -0.05) is 18.2 Å². The van der Waals surface area contributed by atoms with Crippen LogP contribution in [0.2, 0.25) is 0 Å². The van der Waals surface area contributed by atoms with Crippen molar-refractivity contribution in [3.63, 3.8) is 0 Å². The van der Waals surface area contributed by atoms with Gasteiger partial charge >= 0.3 is 0 Å². The van der Waals surface area contributed by atoms with Gasteiger partial charge in [-0.3, -0.25) is 0 Å². The van der Waals surface area contributed by atoms with E-state index in [1.807, 2.05) is 57.5 Å². The summed E-state index contributed by atoms with van der Waals surface area (Å²) in [6.07, 6.45) is 3.70. The number of para-hydroxylation sites is 1. The fourth-order valence-electron chi connectivity index (χ4n) is 4.02. The number of nitrogens with one attached hydrogen (secondary N) is 1. The molecule has 0 aliphatic carbocycles. The van der Waals surface area contributed by atoms with Gasteiger partial charge in [-0.2, -0.15) is 0 Å². The molecule has 2 aromatic carbocycles. The van der Waals surface area contributed by atoms with E-state index in [9.17, 15) is 0 Å². The molecule has 0 fully saturated rings. The van der Waals surface area contributed by atoms with E-state index in [0.717, 1.165) is 28.7 Å². The molecule has 0 unspecified atom stereocenters. The quantitative estimate of drug-likeness (QED) is 0.381. The summed E-state index contributed by atoms with van der Waals surface area (Å²) in [6.45, 7) is 1.37. The minimum Gasteiger partial charge on any atom is -0.492 e. The molecule has 0 saturated heterocycles. The lowest BCUT2D eigenvalue weighted by atomic mass is 10.1. The molecule has 0 atom stereocenters. The molecule has 0 spiro atoms. The Morgan fingerprint density at radius 1 is 1.15 bits per heavy atom. The molecule has 2 aromatic heterocycles. The number of halogens is 1. The van der Waals surface area contributed by atoms with Crippen molar-refractivity contribution in [2.75, 3.05) is 57.3 Å². The summed E-state index contributed by atoms with van der Waals surface area (Å²) < 4.78 is 22.9. The van der Waals surface area contributed by atoms with E-state index in [0.29, 0.717) is 29.6 Å². The van der Waals surface area contributed by atoms with Crippen LogP contribution in [0, 0.1) is 5.82 Å². The molecule has 0 aliphatic rings. The summed E-state index contributed by atoms with van der Waals surface area (Å²) in [5.41, 5.74) is 10.1. The second-order valence-corrected chi connectivity index (χ2v) is 8.50. The van der Waals surface area contributed by atoms with Gasteiger partial charge in [0, 0.05) is 56.0 Å². The first-order valence-electron chi connectivity index (χ1n) is 11.0. The van der Waals surface area contributed by atoms with Crippen molar-refractivity contribution in [3.8, 4) is 17.0 Å². The van der Waals surface area contributed by atoms with E-state index < -0.39 is 5.82 Å². The van der Waals surface area contributed by atoms with Crippen molar-refractivity contribution in [2.24, 2.45) is 7.05 Å². The third kappa shape index (κ3) is 4.47. The number of nitrogens with two attached hydrogens (primary N) is 1. The lowest BCUT2D eigenvalue weighted by molar-refractivity contribution is 0.387. The number of ether oxygens (including phenoxy) is 1. The number of fused-ring (bicyclic) bond motifs is 1. The van der Waals surface area contributed by atoms with E-state index >= 15 is 4.39 Å². The van der Waals surface area contributed by atoms with Crippen molar-refractivity contribution in [2.45, 2.75) is 0 Å². The summed E-state index contributed by atoms with van der Waals surface area (Å²) in [5, 5.41) is 4.18. The molecule has 0 amide bonds. The van der Waals surface area contributed by atoms with Crippen molar-refractivity contribution < 1.29 is 9.13 Å². The molecule has 0 radical (unpaired) electrons. The average Bonchev–Trinajstić information content (AvgIpc) is 3.15. The molecule has 4 rings (SSSR count). The van der Waals surface area contributed by atoms with Crippen molar-refractivity contribution in [3.05, 3.63) is 54.6 Å². The number of anilines is 4. The third-order valence-electron chi connectivity index (χ3n) is 5.77. The van der Waals surface area contributed by atoms with Gasteiger partial charge in [-0.25, -0.2) is 14.4 Å². The number of hydrogen-bond acceptors (Lipinski definition) is 7. The summed E-state index contributed by atoms with van der Waals surface area (Å²) in [6, 6.07) is 11.6. The first-order valence-corrected chi connectivity index (χ1v) is 11.0. The Hall–Kier alpha value is -3.85. The SMILES string of the molecule is COc1c(Nc2nccc(-c3cn(C)c4ccccc34)n2)cc(N)c(N(C)CCN(C)C)c1F. The number of aryl methyl sites for hydroxylation is 1. The Balaban J connectivity index is 1.68. The fraction of sp³-hybridized carbons (Fsp3) is 0.280. The van der Waals surface area contributed by atoms with Crippen LogP contribution in [-0.4, -0.2) is 60.8 Å². The van der Waals surface area contributed by atoms with Gasteiger partial charge in [0.1, 0.15) is 5.69 Å². The zero-order chi connectivity index (χ0) is 24.4. The van der Waals surface area contributed by atoms with Crippen LogP contribution in [0.1, 0.15) is 0 Å². The van der Waals surface area contributed by atoms with Crippen LogP contribution in [0.25, 0.3) is 22.2 Å². The molecule has 34 heavy (non-hydrogen) atoms. The Labute approximate surface area is 198 Å². The smallest absolute Gasteiger partial charge is 0.227 e. The van der Waals surface area contributed by atoms with E-state index in [4.69, 9.17) is 10.5 Å². The predicted octanol–water partition coefficient (Wildman–Crippen LogP) is 4.11. The standard InChI is InChI=1S/C25H30FN7O/c1-31(2)12-13-32(3)23-18(27)14-20(24(34-5)22(23)26)30-25-28-11-10-19(29-25)17-15-33(4)21-9-7-6-8-16(17)21/h6-11,14-15H,12-13,27H2,1-5H3,(H,28,29,30). The van der Waals surface area contributed by atoms with Crippen LogP contribution in [0.3, 0.4) is 0 Å². The molecule has 2 heterocycles. The van der Waals surface area contributed by atoms with E-state index in [1.165, 1.54) is 7.11 Å². The Morgan fingerprint density at radius 2 is 1.91 bits per heavy atom. The van der Waals surface area contributed by atoms with E-state index in [2.05, 4.69) is 32.0 Å². The summed E-state index contributed by atoms with van der Waals surface area (Å²) in [5.74, 6) is -0.159. The van der Waals surface area contributed by atoms with Crippen molar-refractivity contribution in [1.82, 2.24) is 19.4 Å². The van der Waals surface area contributed by atoms with Crippen molar-refractivity contribution >= 4 is 33.9 Å². The minimum atomic E-state index is -0.531. The van der Waals surface area contributed by atoms with Gasteiger partial charge in [0.15, 0.2) is 11.6 Å². The summed E-state index contributed by atoms with van der Waals surface area (Å²) in [4.78, 5) is 12.8. The first-order chi connectivity index (χ1) is 16.3. The number of rotatable bonds is 8. The molecule has 0 aliphatic heterocycles. The molecule has 3 N–H and O–H groups in total. The summed E-state index contributed by atoms with van der Waals surface area (Å²) in [7, 11) is 9.17. The molecule has 8 nitrogen and oxygen atoms in total. The zero-order valence-corrected chi connectivity index (χ0v) is 20.1. The van der Waals surface area contributed by atoms with Gasteiger partial charge in [0.2, 0.25) is 5.95 Å². The second-order valence-electron chi connectivity index (χ2n) is 8.50. The monoisotopic (exact) mass is 463 g/mol.